The number of imidazole rings is 1. The number of hydrogen-bond acceptors (Lipinski definition) is 2. The molecule has 0 amide bonds. The van der Waals surface area contributed by atoms with Crippen molar-refractivity contribution in [3.63, 3.8) is 0 Å². The van der Waals surface area contributed by atoms with Crippen LogP contribution in [-0.2, 0) is 13.0 Å². The van der Waals surface area contributed by atoms with Crippen molar-refractivity contribution in [1.82, 2.24) is 14.9 Å². The van der Waals surface area contributed by atoms with Crippen LogP contribution in [0.4, 0.5) is 0 Å². The van der Waals surface area contributed by atoms with E-state index in [0.29, 0.717) is 12.0 Å². The van der Waals surface area contributed by atoms with Gasteiger partial charge in [-0.25, -0.2) is 4.98 Å². The molecule has 0 radical (unpaired) electrons. The van der Waals surface area contributed by atoms with Crippen molar-refractivity contribution in [3.05, 3.63) is 17.2 Å². The number of aromatic nitrogens is 2. The molecule has 0 bridgehead atoms. The maximum atomic E-state index is 5.11. The summed E-state index contributed by atoms with van der Waals surface area (Å²) in [6.45, 7) is 9.19. The minimum atomic E-state index is 0.585. The van der Waals surface area contributed by atoms with Gasteiger partial charge in [0.05, 0.1) is 5.69 Å². The molecule has 1 aromatic rings. The number of nitrogens with one attached hydrogen (secondary N) is 1. The Labute approximate surface area is 129 Å². The van der Waals surface area contributed by atoms with Crippen LogP contribution in [0.2, 0.25) is 0 Å². The molecule has 1 N–H and O–H groups in total. The maximum Gasteiger partial charge on any atom is 0.112 e. The Kier molecular flexibility index (Phi) is 4.68. The average Bonchev–Trinajstić information content (AvgIpc) is 2.93. The molecule has 0 aromatic carbocycles. The van der Waals surface area contributed by atoms with Gasteiger partial charge in [-0.2, -0.15) is 0 Å². The second kappa shape index (κ2) is 6.51. The van der Waals surface area contributed by atoms with Gasteiger partial charge in [-0.3, -0.25) is 0 Å². The molecule has 2 unspecified atom stereocenters. The molecule has 2 aliphatic rings. The summed E-state index contributed by atoms with van der Waals surface area (Å²) in [7, 11) is 0. The highest BCUT2D eigenvalue weighted by molar-refractivity contribution is 5.23. The third-order valence-electron chi connectivity index (χ3n) is 5.80. The molecule has 3 heteroatoms. The summed E-state index contributed by atoms with van der Waals surface area (Å²) in [6.07, 6.45) is 9.27. The monoisotopic (exact) mass is 289 g/mol. The Morgan fingerprint density at radius 3 is 2.71 bits per heavy atom. The fourth-order valence-electron chi connectivity index (χ4n) is 4.05. The van der Waals surface area contributed by atoms with E-state index in [1.807, 2.05) is 0 Å². The van der Waals surface area contributed by atoms with Crippen LogP contribution in [-0.4, -0.2) is 16.1 Å². The zero-order chi connectivity index (χ0) is 14.8. The van der Waals surface area contributed by atoms with E-state index < -0.39 is 0 Å². The summed E-state index contributed by atoms with van der Waals surface area (Å²) in [5.41, 5.74) is 2.86. The van der Waals surface area contributed by atoms with E-state index in [9.17, 15) is 0 Å². The van der Waals surface area contributed by atoms with Gasteiger partial charge in [-0.15, -0.1) is 0 Å². The molecule has 0 saturated heterocycles. The Hall–Kier alpha value is -0.830. The first kappa shape index (κ1) is 15.1. The van der Waals surface area contributed by atoms with Gasteiger partial charge in [0.25, 0.3) is 0 Å². The van der Waals surface area contributed by atoms with Crippen molar-refractivity contribution in [2.75, 3.05) is 6.54 Å². The Morgan fingerprint density at radius 2 is 2.00 bits per heavy atom. The molecule has 21 heavy (non-hydrogen) atoms. The quantitative estimate of drug-likeness (QED) is 0.901. The van der Waals surface area contributed by atoms with E-state index in [1.54, 1.807) is 0 Å². The van der Waals surface area contributed by atoms with Gasteiger partial charge in [0.15, 0.2) is 0 Å². The Bertz CT molecular complexity index is 471. The third kappa shape index (κ3) is 2.90. The van der Waals surface area contributed by atoms with Crippen LogP contribution in [0.3, 0.4) is 0 Å². The van der Waals surface area contributed by atoms with Gasteiger partial charge in [-0.1, -0.05) is 39.5 Å². The molecular formula is C18H31N3. The molecule has 118 valence electrons. The topological polar surface area (TPSA) is 29.9 Å². The molecule has 1 aliphatic heterocycles. The molecule has 1 saturated carbocycles. The van der Waals surface area contributed by atoms with Gasteiger partial charge in [0.2, 0.25) is 0 Å². The van der Waals surface area contributed by atoms with Crippen molar-refractivity contribution in [2.24, 2.45) is 5.92 Å². The lowest BCUT2D eigenvalue weighted by molar-refractivity contribution is 0.331. The van der Waals surface area contributed by atoms with E-state index in [0.717, 1.165) is 25.4 Å². The SMILES string of the molecule is CCC(C)C(C)n1c(C2CCCCC2)nc2c1CCNC2. The maximum absolute atomic E-state index is 5.11. The summed E-state index contributed by atoms with van der Waals surface area (Å²) in [4.78, 5) is 5.11. The van der Waals surface area contributed by atoms with Crippen molar-refractivity contribution in [3.8, 4) is 0 Å². The number of fused-ring (bicyclic) bond motifs is 1. The van der Waals surface area contributed by atoms with Crippen LogP contribution in [0, 0.1) is 5.92 Å². The molecule has 3 rings (SSSR count). The predicted octanol–water partition coefficient (Wildman–Crippen LogP) is 4.18. The van der Waals surface area contributed by atoms with Crippen LogP contribution in [0.25, 0.3) is 0 Å². The smallest absolute Gasteiger partial charge is 0.112 e. The Morgan fingerprint density at radius 1 is 1.24 bits per heavy atom. The lowest BCUT2D eigenvalue weighted by Crippen LogP contribution is -2.27. The molecule has 1 aliphatic carbocycles. The van der Waals surface area contributed by atoms with Gasteiger partial charge in [0.1, 0.15) is 5.82 Å². The van der Waals surface area contributed by atoms with Crippen molar-refractivity contribution < 1.29 is 0 Å². The highest BCUT2D eigenvalue weighted by Gasteiger charge is 2.29. The highest BCUT2D eigenvalue weighted by Crippen LogP contribution is 2.37. The van der Waals surface area contributed by atoms with Crippen LogP contribution in [0.1, 0.15) is 88.5 Å². The minimum Gasteiger partial charge on any atom is -0.328 e. The summed E-state index contributed by atoms with van der Waals surface area (Å²) in [5, 5.41) is 3.49. The molecule has 2 heterocycles. The standard InChI is InChI=1S/C18H31N3/c1-4-13(2)14(3)21-17-10-11-19-12-16(17)20-18(21)15-8-6-5-7-9-15/h13-15,19H,4-12H2,1-3H3. The van der Waals surface area contributed by atoms with Crippen LogP contribution < -0.4 is 5.32 Å². The molecule has 3 nitrogen and oxygen atoms in total. The number of rotatable bonds is 4. The fourth-order valence-corrected chi connectivity index (χ4v) is 4.05. The average molecular weight is 289 g/mol. The van der Waals surface area contributed by atoms with Crippen LogP contribution >= 0.6 is 0 Å². The van der Waals surface area contributed by atoms with Crippen molar-refractivity contribution in [1.29, 1.82) is 0 Å². The predicted molar refractivity (Wildman–Crippen MR) is 87.6 cm³/mol. The van der Waals surface area contributed by atoms with Gasteiger partial charge in [0, 0.05) is 37.2 Å². The first-order valence-corrected chi connectivity index (χ1v) is 9.03. The second-order valence-corrected chi connectivity index (χ2v) is 7.12. The zero-order valence-corrected chi connectivity index (χ0v) is 14.0. The summed E-state index contributed by atoms with van der Waals surface area (Å²) in [5.74, 6) is 2.84. The van der Waals surface area contributed by atoms with Crippen molar-refractivity contribution >= 4 is 0 Å². The van der Waals surface area contributed by atoms with Gasteiger partial charge < -0.3 is 9.88 Å². The van der Waals surface area contributed by atoms with Gasteiger partial charge in [-0.05, 0) is 25.7 Å². The minimum absolute atomic E-state index is 0.585. The van der Waals surface area contributed by atoms with Crippen LogP contribution in [0.5, 0.6) is 0 Å². The molecule has 1 aromatic heterocycles. The van der Waals surface area contributed by atoms with E-state index in [4.69, 9.17) is 4.98 Å². The second-order valence-electron chi connectivity index (χ2n) is 7.12. The molecule has 0 spiro atoms. The first-order valence-electron chi connectivity index (χ1n) is 9.03. The lowest BCUT2D eigenvalue weighted by atomic mass is 9.88. The molecule has 2 atom stereocenters. The first-order chi connectivity index (χ1) is 10.2. The van der Waals surface area contributed by atoms with Gasteiger partial charge >= 0.3 is 0 Å². The molecule has 1 fully saturated rings. The largest absolute Gasteiger partial charge is 0.328 e. The summed E-state index contributed by atoms with van der Waals surface area (Å²) < 4.78 is 2.65. The Balaban J connectivity index is 1.99. The zero-order valence-electron chi connectivity index (χ0n) is 14.0. The van der Waals surface area contributed by atoms with E-state index in [2.05, 4.69) is 30.7 Å². The summed E-state index contributed by atoms with van der Waals surface area (Å²) in [6, 6.07) is 0.585. The van der Waals surface area contributed by atoms with E-state index in [1.165, 1.54) is 55.7 Å². The van der Waals surface area contributed by atoms with Crippen molar-refractivity contribution in [2.45, 2.75) is 84.2 Å². The van der Waals surface area contributed by atoms with E-state index in [-0.39, 0.29) is 0 Å². The normalized spacial score (nSPS) is 22.8. The number of hydrogen-bond donors (Lipinski definition) is 1. The third-order valence-corrected chi connectivity index (χ3v) is 5.80. The van der Waals surface area contributed by atoms with E-state index >= 15 is 0 Å². The lowest BCUT2D eigenvalue weighted by Gasteiger charge is -2.29. The molecular weight excluding hydrogens is 258 g/mol. The fraction of sp³-hybridized carbons (Fsp3) is 0.833. The number of nitrogens with zero attached hydrogens (tertiary/aromatic N) is 2. The summed E-state index contributed by atoms with van der Waals surface area (Å²) >= 11 is 0. The highest BCUT2D eigenvalue weighted by atomic mass is 15.1. The van der Waals surface area contributed by atoms with Crippen LogP contribution in [0.15, 0.2) is 0 Å².